The van der Waals surface area contributed by atoms with Gasteiger partial charge >= 0.3 is 0 Å². The number of nitrogens with zero attached hydrogens (tertiary/aromatic N) is 1. The van der Waals surface area contributed by atoms with Crippen LogP contribution in [0.2, 0.25) is 0 Å². The van der Waals surface area contributed by atoms with Gasteiger partial charge in [0, 0.05) is 25.0 Å². The number of rotatable bonds is 4. The normalized spacial score (nSPS) is 25.8. The maximum Gasteiger partial charge on any atom is 0.243 e. The Kier molecular flexibility index (Phi) is 6.03. The van der Waals surface area contributed by atoms with Crippen LogP contribution >= 0.6 is 0 Å². The van der Waals surface area contributed by atoms with Gasteiger partial charge in [0.1, 0.15) is 0 Å². The Morgan fingerprint density at radius 1 is 1.04 bits per heavy atom. The topological polar surface area (TPSA) is 66.5 Å². The highest BCUT2D eigenvalue weighted by Crippen LogP contribution is 2.27. The molecule has 1 saturated carbocycles. The minimum Gasteiger partial charge on any atom is -0.353 e. The van der Waals surface area contributed by atoms with Gasteiger partial charge in [0.15, 0.2) is 0 Å². The molecule has 1 heterocycles. The van der Waals surface area contributed by atoms with E-state index in [4.69, 9.17) is 0 Å². The number of hydrogen-bond donors (Lipinski definition) is 1. The average molecular weight is 379 g/mol. The maximum absolute atomic E-state index is 12.8. The predicted octanol–water partition coefficient (Wildman–Crippen LogP) is 3.09. The molecule has 26 heavy (non-hydrogen) atoms. The maximum atomic E-state index is 12.8. The number of aryl methyl sites for hydroxylation is 1. The zero-order valence-corrected chi connectivity index (χ0v) is 16.6. The van der Waals surface area contributed by atoms with E-state index in [0.717, 1.165) is 12.0 Å². The molecule has 0 radical (unpaired) electrons. The van der Waals surface area contributed by atoms with Crippen molar-refractivity contribution in [2.75, 3.05) is 13.1 Å². The van der Waals surface area contributed by atoms with Gasteiger partial charge in [-0.05, 0) is 50.7 Å². The fourth-order valence-corrected chi connectivity index (χ4v) is 5.52. The molecule has 2 fully saturated rings. The van der Waals surface area contributed by atoms with Crippen LogP contribution in [-0.2, 0) is 14.8 Å². The summed E-state index contributed by atoms with van der Waals surface area (Å²) in [6, 6.07) is 7.24. The minimum absolute atomic E-state index is 0.0754. The Morgan fingerprint density at radius 3 is 2.27 bits per heavy atom. The van der Waals surface area contributed by atoms with E-state index < -0.39 is 10.0 Å². The van der Waals surface area contributed by atoms with Crippen LogP contribution in [0.15, 0.2) is 29.2 Å². The molecule has 1 saturated heterocycles. The summed E-state index contributed by atoms with van der Waals surface area (Å²) >= 11 is 0. The lowest BCUT2D eigenvalue weighted by Crippen LogP contribution is -2.47. The van der Waals surface area contributed by atoms with Gasteiger partial charge in [-0.3, -0.25) is 4.79 Å². The molecule has 5 nitrogen and oxygen atoms in total. The number of carbonyl (C=O) groups excluding carboxylic acids is 1. The summed E-state index contributed by atoms with van der Waals surface area (Å²) in [5.41, 5.74) is 1.04. The molecule has 1 N–H and O–H groups in total. The lowest BCUT2D eigenvalue weighted by Gasteiger charge is -2.34. The highest BCUT2D eigenvalue weighted by molar-refractivity contribution is 7.89. The van der Waals surface area contributed by atoms with E-state index in [9.17, 15) is 13.2 Å². The van der Waals surface area contributed by atoms with E-state index in [1.807, 2.05) is 19.1 Å². The van der Waals surface area contributed by atoms with Crippen molar-refractivity contribution in [2.45, 2.75) is 63.3 Å². The van der Waals surface area contributed by atoms with Crippen LogP contribution in [0, 0.1) is 18.8 Å². The first-order valence-electron chi connectivity index (χ1n) is 9.75. The Balaban J connectivity index is 1.56. The van der Waals surface area contributed by atoms with Crippen molar-refractivity contribution < 1.29 is 13.2 Å². The number of amides is 1. The highest BCUT2D eigenvalue weighted by atomic mass is 32.2. The molecule has 1 amide bonds. The van der Waals surface area contributed by atoms with Crippen molar-refractivity contribution in [2.24, 2.45) is 11.8 Å². The number of benzene rings is 1. The summed E-state index contributed by atoms with van der Waals surface area (Å²) in [6.07, 6.45) is 5.87. The molecule has 144 valence electrons. The fourth-order valence-electron chi connectivity index (χ4n) is 4.05. The lowest BCUT2D eigenvalue weighted by molar-refractivity contribution is -0.127. The first kappa shape index (κ1) is 19.4. The second-order valence-corrected chi connectivity index (χ2v) is 9.81. The van der Waals surface area contributed by atoms with Crippen molar-refractivity contribution in [1.82, 2.24) is 9.62 Å². The van der Waals surface area contributed by atoms with Crippen molar-refractivity contribution in [3.63, 3.8) is 0 Å². The molecular formula is C20H30N2O3S. The lowest BCUT2D eigenvalue weighted by atomic mass is 9.85. The molecule has 0 unspecified atom stereocenters. The predicted molar refractivity (Wildman–Crippen MR) is 102 cm³/mol. The van der Waals surface area contributed by atoms with E-state index in [-0.39, 0.29) is 17.9 Å². The molecule has 1 aromatic carbocycles. The molecule has 2 aliphatic rings. The Bertz CT molecular complexity index is 722. The van der Waals surface area contributed by atoms with E-state index in [2.05, 4.69) is 12.2 Å². The van der Waals surface area contributed by atoms with Gasteiger partial charge in [0.25, 0.3) is 0 Å². The molecule has 1 aliphatic heterocycles. The molecule has 0 bridgehead atoms. The van der Waals surface area contributed by atoms with Crippen LogP contribution in [0.25, 0.3) is 0 Å². The standard InChI is InChI=1S/C20H30N2O3S/c1-15-7-9-18(10-8-15)26(24,25)22-13-11-17(12-14-22)20(23)21-19-6-4-3-5-16(19)2/h7-10,16-17,19H,3-6,11-14H2,1-2H3,(H,21,23)/t16-,19-/m0/s1. The number of sulfonamides is 1. The van der Waals surface area contributed by atoms with Crippen LogP contribution in [0.3, 0.4) is 0 Å². The second-order valence-electron chi connectivity index (χ2n) is 7.87. The molecule has 2 atom stereocenters. The third-order valence-electron chi connectivity index (χ3n) is 5.92. The molecule has 6 heteroatoms. The number of nitrogens with one attached hydrogen (secondary N) is 1. The van der Waals surface area contributed by atoms with Gasteiger partial charge in [-0.2, -0.15) is 4.31 Å². The summed E-state index contributed by atoms with van der Waals surface area (Å²) in [4.78, 5) is 12.9. The van der Waals surface area contributed by atoms with Crippen LogP contribution in [0.4, 0.5) is 0 Å². The molecular weight excluding hydrogens is 348 g/mol. The van der Waals surface area contributed by atoms with Gasteiger partial charge in [0.05, 0.1) is 4.90 Å². The zero-order valence-electron chi connectivity index (χ0n) is 15.8. The largest absolute Gasteiger partial charge is 0.353 e. The third kappa shape index (κ3) is 4.29. The van der Waals surface area contributed by atoms with E-state index in [1.165, 1.54) is 23.6 Å². The van der Waals surface area contributed by atoms with Crippen molar-refractivity contribution in [1.29, 1.82) is 0 Å². The molecule has 3 rings (SSSR count). The smallest absolute Gasteiger partial charge is 0.243 e. The van der Waals surface area contributed by atoms with Crippen LogP contribution in [-0.4, -0.2) is 37.8 Å². The van der Waals surface area contributed by atoms with Crippen LogP contribution in [0.5, 0.6) is 0 Å². The first-order chi connectivity index (χ1) is 12.4. The summed E-state index contributed by atoms with van der Waals surface area (Å²) in [6.45, 7) is 4.97. The Hall–Kier alpha value is -1.40. The van der Waals surface area contributed by atoms with Crippen LogP contribution < -0.4 is 5.32 Å². The number of carbonyl (C=O) groups is 1. The summed E-state index contributed by atoms with van der Waals surface area (Å²) in [7, 11) is -3.46. The summed E-state index contributed by atoms with van der Waals surface area (Å²) in [5.74, 6) is 0.569. The SMILES string of the molecule is Cc1ccc(S(=O)(=O)N2CCC(C(=O)N[C@H]3CCCC[C@@H]3C)CC2)cc1. The van der Waals surface area contributed by atoms with Crippen molar-refractivity contribution in [3.8, 4) is 0 Å². The Labute approximate surface area is 157 Å². The fraction of sp³-hybridized carbons (Fsp3) is 0.650. The first-order valence-corrected chi connectivity index (χ1v) is 11.2. The van der Waals surface area contributed by atoms with Gasteiger partial charge in [-0.1, -0.05) is 37.5 Å². The highest BCUT2D eigenvalue weighted by Gasteiger charge is 2.33. The average Bonchev–Trinajstić information content (AvgIpc) is 2.64. The molecule has 1 aliphatic carbocycles. The number of hydrogen-bond acceptors (Lipinski definition) is 3. The number of piperidine rings is 1. The van der Waals surface area contributed by atoms with Crippen LogP contribution in [0.1, 0.15) is 51.0 Å². The summed E-state index contributed by atoms with van der Waals surface area (Å²) in [5, 5.41) is 3.22. The molecule has 1 aromatic rings. The van der Waals surface area contributed by atoms with Crippen molar-refractivity contribution >= 4 is 15.9 Å². The van der Waals surface area contributed by atoms with Gasteiger partial charge in [-0.25, -0.2) is 8.42 Å². The van der Waals surface area contributed by atoms with Gasteiger partial charge < -0.3 is 5.32 Å². The summed E-state index contributed by atoms with van der Waals surface area (Å²) < 4.78 is 27.0. The van der Waals surface area contributed by atoms with E-state index >= 15 is 0 Å². The Morgan fingerprint density at radius 2 is 1.65 bits per heavy atom. The van der Waals surface area contributed by atoms with E-state index in [0.29, 0.717) is 36.7 Å². The molecule has 0 spiro atoms. The van der Waals surface area contributed by atoms with E-state index in [1.54, 1.807) is 12.1 Å². The molecule has 0 aromatic heterocycles. The monoisotopic (exact) mass is 378 g/mol. The zero-order chi connectivity index (χ0) is 18.7. The quantitative estimate of drug-likeness (QED) is 0.875. The third-order valence-corrected chi connectivity index (χ3v) is 7.84. The van der Waals surface area contributed by atoms with Gasteiger partial charge in [-0.15, -0.1) is 0 Å². The van der Waals surface area contributed by atoms with Crippen molar-refractivity contribution in [3.05, 3.63) is 29.8 Å². The minimum atomic E-state index is -3.46. The second kappa shape index (κ2) is 8.09. The van der Waals surface area contributed by atoms with Gasteiger partial charge in [0.2, 0.25) is 15.9 Å².